The van der Waals surface area contributed by atoms with E-state index in [4.69, 9.17) is 11.6 Å². The third-order valence-electron chi connectivity index (χ3n) is 3.97. The molecule has 0 spiro atoms. The molecule has 2 aromatic rings. The van der Waals surface area contributed by atoms with E-state index in [9.17, 15) is 17.6 Å². The van der Waals surface area contributed by atoms with Crippen molar-refractivity contribution >= 4 is 33.2 Å². The monoisotopic (exact) mass is 382 g/mol. The number of halogens is 2. The second-order valence-electron chi connectivity index (χ2n) is 5.78. The van der Waals surface area contributed by atoms with E-state index >= 15 is 0 Å². The van der Waals surface area contributed by atoms with E-state index in [1.165, 1.54) is 29.2 Å². The zero-order valence-electron chi connectivity index (χ0n) is 13.2. The van der Waals surface area contributed by atoms with Crippen LogP contribution in [0.1, 0.15) is 12.0 Å². The Bertz CT molecular complexity index is 887. The number of sulfonamides is 1. The number of nitrogens with one attached hydrogen (secondary N) is 1. The number of amides is 1. The number of nitrogens with zero attached hydrogens (tertiary/aromatic N) is 1. The molecule has 0 aliphatic carbocycles. The minimum atomic E-state index is -3.73. The molecule has 1 amide bonds. The molecule has 0 aromatic heterocycles. The summed E-state index contributed by atoms with van der Waals surface area (Å²) in [7, 11) is -3.73. The van der Waals surface area contributed by atoms with Gasteiger partial charge in [0.2, 0.25) is 15.9 Å². The number of hydrogen-bond donors (Lipinski definition) is 1. The summed E-state index contributed by atoms with van der Waals surface area (Å²) in [6.07, 6.45) is 0.345. The van der Waals surface area contributed by atoms with Crippen molar-refractivity contribution in [2.75, 3.05) is 11.4 Å². The molecule has 1 aliphatic rings. The molecule has 1 saturated heterocycles. The van der Waals surface area contributed by atoms with Crippen LogP contribution in [-0.2, 0) is 20.6 Å². The Morgan fingerprint density at radius 1 is 1.16 bits per heavy atom. The van der Waals surface area contributed by atoms with Crippen LogP contribution < -0.4 is 9.62 Å². The average Bonchev–Trinajstić information content (AvgIpc) is 2.91. The van der Waals surface area contributed by atoms with Crippen LogP contribution in [0.15, 0.2) is 48.5 Å². The molecule has 0 saturated carbocycles. The van der Waals surface area contributed by atoms with E-state index in [1.807, 2.05) is 0 Å². The van der Waals surface area contributed by atoms with Crippen LogP contribution in [0.25, 0.3) is 0 Å². The van der Waals surface area contributed by atoms with Crippen LogP contribution in [-0.4, -0.2) is 26.9 Å². The maximum atomic E-state index is 13.0. The zero-order chi connectivity index (χ0) is 18.0. The molecular formula is C17H16ClFN2O3S. The maximum Gasteiger partial charge on any atom is 0.245 e. The Kier molecular flexibility index (Phi) is 5.08. The quantitative estimate of drug-likeness (QED) is 0.864. The molecule has 3 rings (SSSR count). The van der Waals surface area contributed by atoms with Crippen molar-refractivity contribution in [2.45, 2.75) is 18.2 Å². The number of rotatable bonds is 5. The summed E-state index contributed by atoms with van der Waals surface area (Å²) >= 11 is 5.99. The van der Waals surface area contributed by atoms with Crippen LogP contribution in [0, 0.1) is 5.82 Å². The van der Waals surface area contributed by atoms with Gasteiger partial charge in [-0.25, -0.2) is 17.5 Å². The van der Waals surface area contributed by atoms with Gasteiger partial charge in [-0.2, -0.15) is 0 Å². The van der Waals surface area contributed by atoms with Crippen molar-refractivity contribution in [3.8, 4) is 0 Å². The van der Waals surface area contributed by atoms with E-state index in [1.54, 1.807) is 24.3 Å². The molecule has 1 aliphatic heterocycles. The van der Waals surface area contributed by atoms with Gasteiger partial charge in [0.25, 0.3) is 0 Å². The highest BCUT2D eigenvalue weighted by Gasteiger charge is 2.35. The fourth-order valence-corrected chi connectivity index (χ4v) is 4.42. The van der Waals surface area contributed by atoms with Crippen molar-refractivity contribution in [3.63, 3.8) is 0 Å². The maximum absolute atomic E-state index is 13.0. The van der Waals surface area contributed by atoms with E-state index in [0.717, 1.165) is 0 Å². The van der Waals surface area contributed by atoms with Crippen molar-refractivity contribution in [1.82, 2.24) is 4.72 Å². The molecule has 1 N–H and O–H groups in total. The second-order valence-corrected chi connectivity index (χ2v) is 7.94. The topological polar surface area (TPSA) is 66.5 Å². The van der Waals surface area contributed by atoms with Gasteiger partial charge in [0.15, 0.2) is 0 Å². The highest BCUT2D eigenvalue weighted by molar-refractivity contribution is 7.88. The number of carbonyl (C=O) groups is 1. The van der Waals surface area contributed by atoms with Crippen molar-refractivity contribution in [2.24, 2.45) is 0 Å². The lowest BCUT2D eigenvalue weighted by Crippen LogP contribution is -2.42. The summed E-state index contributed by atoms with van der Waals surface area (Å²) in [5, 5.41) is 0.360. The molecule has 1 atom stereocenters. The van der Waals surface area contributed by atoms with Gasteiger partial charge in [0.05, 0.1) is 5.75 Å². The Balaban J connectivity index is 1.70. The number of benzene rings is 2. The van der Waals surface area contributed by atoms with E-state index < -0.39 is 21.9 Å². The number of hydrogen-bond acceptors (Lipinski definition) is 3. The minimum absolute atomic E-state index is 0.299. The highest BCUT2D eigenvalue weighted by atomic mass is 35.5. The standard InChI is InChI=1S/C17H16ClFN2O3S/c18-15-4-2-1-3-12(15)11-25(23,24)20-16-9-10-21(17(16)22)14-7-5-13(19)6-8-14/h1-8,16,20H,9-11H2. The lowest BCUT2D eigenvalue weighted by Gasteiger charge is -2.17. The predicted molar refractivity (Wildman–Crippen MR) is 94.4 cm³/mol. The van der Waals surface area contributed by atoms with Gasteiger partial charge < -0.3 is 4.90 Å². The molecule has 8 heteroatoms. The second kappa shape index (κ2) is 7.11. The Morgan fingerprint density at radius 3 is 2.52 bits per heavy atom. The van der Waals surface area contributed by atoms with Crippen molar-refractivity contribution in [3.05, 3.63) is 64.9 Å². The summed E-state index contributed by atoms with van der Waals surface area (Å²) in [6, 6.07) is 11.3. The molecule has 25 heavy (non-hydrogen) atoms. The molecule has 1 unspecified atom stereocenters. The smallest absolute Gasteiger partial charge is 0.245 e. The fraction of sp³-hybridized carbons (Fsp3) is 0.235. The van der Waals surface area contributed by atoms with Gasteiger partial charge in [0, 0.05) is 17.3 Å². The third kappa shape index (κ3) is 4.18. The molecule has 5 nitrogen and oxygen atoms in total. The van der Waals surface area contributed by atoms with Crippen molar-refractivity contribution in [1.29, 1.82) is 0 Å². The highest BCUT2D eigenvalue weighted by Crippen LogP contribution is 2.23. The molecular weight excluding hydrogens is 367 g/mol. The van der Waals surface area contributed by atoms with Gasteiger partial charge in [-0.05, 0) is 42.3 Å². The van der Waals surface area contributed by atoms with E-state index in [2.05, 4.69) is 4.72 Å². The van der Waals surface area contributed by atoms with Crippen molar-refractivity contribution < 1.29 is 17.6 Å². The summed E-state index contributed by atoms with van der Waals surface area (Å²) < 4.78 is 40.1. The van der Waals surface area contributed by atoms with Gasteiger partial charge in [-0.15, -0.1) is 0 Å². The van der Waals surface area contributed by atoms with Crippen LogP contribution in [0.4, 0.5) is 10.1 Å². The minimum Gasteiger partial charge on any atom is -0.311 e. The molecule has 0 bridgehead atoms. The normalized spacial score (nSPS) is 17.9. The summed E-state index contributed by atoms with van der Waals surface area (Å²) in [6.45, 7) is 0.365. The first-order valence-corrected chi connectivity index (χ1v) is 9.69. The Morgan fingerprint density at radius 2 is 1.84 bits per heavy atom. The van der Waals surface area contributed by atoms with Crippen LogP contribution in [0.5, 0.6) is 0 Å². The van der Waals surface area contributed by atoms with Gasteiger partial charge in [-0.1, -0.05) is 29.8 Å². The molecule has 132 valence electrons. The summed E-state index contributed by atoms with van der Waals surface area (Å²) in [5.74, 6) is -1.05. The first-order chi connectivity index (χ1) is 11.9. The van der Waals surface area contributed by atoms with Gasteiger partial charge in [-0.3, -0.25) is 4.79 Å². The van der Waals surface area contributed by atoms with Crippen LogP contribution in [0.3, 0.4) is 0 Å². The zero-order valence-corrected chi connectivity index (χ0v) is 14.7. The van der Waals surface area contributed by atoms with Gasteiger partial charge >= 0.3 is 0 Å². The average molecular weight is 383 g/mol. The van der Waals surface area contributed by atoms with Gasteiger partial charge in [0.1, 0.15) is 11.9 Å². The summed E-state index contributed by atoms with van der Waals surface area (Å²) in [4.78, 5) is 13.9. The lowest BCUT2D eigenvalue weighted by atomic mass is 10.2. The molecule has 1 heterocycles. The SMILES string of the molecule is O=C1C(NS(=O)(=O)Cc2ccccc2Cl)CCN1c1ccc(F)cc1. The van der Waals surface area contributed by atoms with Crippen LogP contribution >= 0.6 is 11.6 Å². The predicted octanol–water partition coefficient (Wildman–Crippen LogP) is 2.70. The van der Waals surface area contributed by atoms with Crippen LogP contribution in [0.2, 0.25) is 5.02 Å². The molecule has 0 radical (unpaired) electrons. The number of anilines is 1. The Hall–Kier alpha value is -1.96. The lowest BCUT2D eigenvalue weighted by molar-refractivity contribution is -0.118. The first-order valence-electron chi connectivity index (χ1n) is 7.66. The van der Waals surface area contributed by atoms with E-state index in [-0.39, 0.29) is 11.7 Å². The largest absolute Gasteiger partial charge is 0.311 e. The Labute approximate surface area is 150 Å². The molecule has 1 fully saturated rings. The first kappa shape index (κ1) is 17.8. The summed E-state index contributed by atoms with van der Waals surface area (Å²) in [5.41, 5.74) is 1.01. The fourth-order valence-electron chi connectivity index (χ4n) is 2.75. The molecule has 2 aromatic carbocycles. The van der Waals surface area contributed by atoms with E-state index in [0.29, 0.717) is 29.2 Å². The third-order valence-corrected chi connectivity index (χ3v) is 5.67. The number of carbonyl (C=O) groups excluding carboxylic acids is 1.